The summed E-state index contributed by atoms with van der Waals surface area (Å²) in [6.45, 7) is 1.96. The molecule has 4 nitrogen and oxygen atoms in total. The molecule has 0 fully saturated rings. The molecule has 0 aliphatic rings. The lowest BCUT2D eigenvalue weighted by atomic mass is 10.1. The Bertz CT molecular complexity index is 935. The van der Waals surface area contributed by atoms with Gasteiger partial charge in [0.25, 0.3) is 5.91 Å². The van der Waals surface area contributed by atoms with Crippen LogP contribution in [-0.2, 0) is 16.1 Å². The lowest BCUT2D eigenvalue weighted by molar-refractivity contribution is -0.124. The van der Waals surface area contributed by atoms with Crippen LogP contribution in [0, 0.1) is 12.7 Å². The molecule has 1 N–H and O–H groups in total. The van der Waals surface area contributed by atoms with Gasteiger partial charge < -0.3 is 10.1 Å². The number of thiophene rings is 1. The fraction of sp³-hybridized carbons (Fsp3) is 0.158. The number of halogens is 1. The Labute approximate surface area is 148 Å². The number of fused-ring (bicyclic) bond motifs is 1. The van der Waals surface area contributed by atoms with Crippen molar-refractivity contribution in [1.82, 2.24) is 5.32 Å². The third-order valence-corrected chi connectivity index (χ3v) is 4.86. The Morgan fingerprint density at radius 2 is 1.96 bits per heavy atom. The Hall–Kier alpha value is -2.73. The smallest absolute Gasteiger partial charge is 0.348 e. The summed E-state index contributed by atoms with van der Waals surface area (Å²) in [4.78, 5) is 24.2. The molecule has 3 rings (SSSR count). The number of hydrogen-bond donors (Lipinski definition) is 1. The van der Waals surface area contributed by atoms with Gasteiger partial charge in [-0.1, -0.05) is 30.3 Å². The number of aryl methyl sites for hydroxylation is 1. The van der Waals surface area contributed by atoms with Gasteiger partial charge in [-0.25, -0.2) is 9.18 Å². The largest absolute Gasteiger partial charge is 0.451 e. The molecule has 0 unspecified atom stereocenters. The van der Waals surface area contributed by atoms with Crippen LogP contribution in [0.1, 0.15) is 20.8 Å². The second-order valence-corrected chi connectivity index (χ2v) is 6.63. The molecule has 0 aliphatic heterocycles. The molecule has 0 spiro atoms. The van der Waals surface area contributed by atoms with E-state index in [-0.39, 0.29) is 23.2 Å². The molecule has 1 heterocycles. The number of rotatable bonds is 5. The average molecular weight is 357 g/mol. The standard InChI is InChI=1S/C19H16FNO3S/c1-12-5-2-3-6-13(12)10-21-18(22)11-24-19(23)17-9-14-15(20)7-4-8-16(14)25-17/h2-9H,10-11H2,1H3,(H,21,22). The van der Waals surface area contributed by atoms with Crippen molar-refractivity contribution in [2.24, 2.45) is 0 Å². The minimum absolute atomic E-state index is 0.270. The van der Waals surface area contributed by atoms with Crippen molar-refractivity contribution >= 4 is 33.3 Å². The molecule has 0 aliphatic carbocycles. The van der Waals surface area contributed by atoms with Crippen LogP contribution in [-0.4, -0.2) is 18.5 Å². The molecule has 2 aromatic carbocycles. The third kappa shape index (κ3) is 4.03. The van der Waals surface area contributed by atoms with Crippen LogP contribution < -0.4 is 5.32 Å². The molecular weight excluding hydrogens is 341 g/mol. The fourth-order valence-corrected chi connectivity index (χ4v) is 3.35. The van der Waals surface area contributed by atoms with E-state index in [9.17, 15) is 14.0 Å². The molecule has 1 aromatic heterocycles. The zero-order chi connectivity index (χ0) is 17.8. The number of benzene rings is 2. The maximum atomic E-state index is 13.7. The normalized spacial score (nSPS) is 10.6. The lowest BCUT2D eigenvalue weighted by Crippen LogP contribution is -2.28. The van der Waals surface area contributed by atoms with Crippen molar-refractivity contribution in [2.75, 3.05) is 6.61 Å². The molecule has 0 bridgehead atoms. The molecule has 0 atom stereocenters. The summed E-state index contributed by atoms with van der Waals surface area (Å²) in [6, 6.07) is 13.8. The Morgan fingerprint density at radius 3 is 2.72 bits per heavy atom. The van der Waals surface area contributed by atoms with E-state index < -0.39 is 5.97 Å². The van der Waals surface area contributed by atoms with Crippen LogP contribution in [0.2, 0.25) is 0 Å². The Kier molecular flexibility index (Phi) is 5.09. The predicted molar refractivity (Wildman–Crippen MR) is 95.1 cm³/mol. The molecule has 0 radical (unpaired) electrons. The molecule has 128 valence electrons. The van der Waals surface area contributed by atoms with Gasteiger partial charge in [0.1, 0.15) is 10.7 Å². The van der Waals surface area contributed by atoms with Crippen LogP contribution >= 0.6 is 11.3 Å². The van der Waals surface area contributed by atoms with Crippen LogP contribution in [0.15, 0.2) is 48.5 Å². The first kappa shape index (κ1) is 17.1. The highest BCUT2D eigenvalue weighted by Gasteiger charge is 2.15. The second-order valence-electron chi connectivity index (χ2n) is 5.54. The van der Waals surface area contributed by atoms with E-state index in [0.717, 1.165) is 22.5 Å². The number of amides is 1. The highest BCUT2D eigenvalue weighted by molar-refractivity contribution is 7.20. The van der Waals surface area contributed by atoms with Crippen molar-refractivity contribution in [1.29, 1.82) is 0 Å². The van der Waals surface area contributed by atoms with E-state index in [0.29, 0.717) is 16.6 Å². The average Bonchev–Trinajstić information content (AvgIpc) is 3.05. The van der Waals surface area contributed by atoms with E-state index in [1.165, 1.54) is 12.1 Å². The zero-order valence-corrected chi connectivity index (χ0v) is 14.4. The SMILES string of the molecule is Cc1ccccc1CNC(=O)COC(=O)c1cc2c(F)cccc2s1. The number of esters is 1. The summed E-state index contributed by atoms with van der Waals surface area (Å²) in [5, 5.41) is 3.09. The highest BCUT2D eigenvalue weighted by Crippen LogP contribution is 2.28. The summed E-state index contributed by atoms with van der Waals surface area (Å²) in [7, 11) is 0. The zero-order valence-electron chi connectivity index (χ0n) is 13.5. The summed E-state index contributed by atoms with van der Waals surface area (Å²) in [5.74, 6) is -1.40. The van der Waals surface area contributed by atoms with E-state index in [2.05, 4.69) is 5.32 Å². The van der Waals surface area contributed by atoms with Gasteiger partial charge in [-0.3, -0.25) is 4.79 Å². The molecule has 0 saturated carbocycles. The van der Waals surface area contributed by atoms with Gasteiger partial charge in [0.15, 0.2) is 6.61 Å². The Balaban J connectivity index is 1.55. The van der Waals surface area contributed by atoms with E-state index in [4.69, 9.17) is 4.74 Å². The van der Waals surface area contributed by atoms with Crippen LogP contribution in [0.5, 0.6) is 0 Å². The van der Waals surface area contributed by atoms with Crippen molar-refractivity contribution in [3.8, 4) is 0 Å². The van der Waals surface area contributed by atoms with Gasteiger partial charge in [-0.15, -0.1) is 11.3 Å². The number of carbonyl (C=O) groups excluding carboxylic acids is 2. The molecule has 1 amide bonds. The van der Waals surface area contributed by atoms with Crippen molar-refractivity contribution in [3.05, 3.63) is 70.4 Å². The van der Waals surface area contributed by atoms with Gasteiger partial charge in [0, 0.05) is 16.6 Å². The summed E-state index contributed by atoms with van der Waals surface area (Å²) >= 11 is 1.14. The molecule has 3 aromatic rings. The van der Waals surface area contributed by atoms with Gasteiger partial charge in [0.2, 0.25) is 0 Å². The van der Waals surface area contributed by atoms with E-state index >= 15 is 0 Å². The first-order chi connectivity index (χ1) is 12.0. The quantitative estimate of drug-likeness (QED) is 0.706. The number of ether oxygens (including phenoxy) is 1. The van der Waals surface area contributed by atoms with Gasteiger partial charge >= 0.3 is 5.97 Å². The first-order valence-corrected chi connectivity index (χ1v) is 8.52. The van der Waals surface area contributed by atoms with Crippen molar-refractivity contribution < 1.29 is 18.7 Å². The van der Waals surface area contributed by atoms with Gasteiger partial charge in [0.05, 0.1) is 0 Å². The minimum Gasteiger partial charge on any atom is -0.451 e. The monoisotopic (exact) mass is 357 g/mol. The number of hydrogen-bond acceptors (Lipinski definition) is 4. The third-order valence-electron chi connectivity index (χ3n) is 3.78. The molecule has 0 saturated heterocycles. The summed E-state index contributed by atoms with van der Waals surface area (Å²) in [5.41, 5.74) is 2.08. The van der Waals surface area contributed by atoms with Gasteiger partial charge in [-0.2, -0.15) is 0 Å². The number of nitrogens with one attached hydrogen (secondary N) is 1. The van der Waals surface area contributed by atoms with Crippen molar-refractivity contribution in [2.45, 2.75) is 13.5 Å². The van der Waals surface area contributed by atoms with Crippen LogP contribution in [0.4, 0.5) is 4.39 Å². The minimum atomic E-state index is -0.633. The van der Waals surface area contributed by atoms with E-state index in [1.807, 2.05) is 31.2 Å². The van der Waals surface area contributed by atoms with Crippen LogP contribution in [0.25, 0.3) is 10.1 Å². The van der Waals surface area contributed by atoms with Crippen molar-refractivity contribution in [3.63, 3.8) is 0 Å². The lowest BCUT2D eigenvalue weighted by Gasteiger charge is -2.08. The van der Waals surface area contributed by atoms with E-state index in [1.54, 1.807) is 12.1 Å². The molecule has 25 heavy (non-hydrogen) atoms. The fourth-order valence-electron chi connectivity index (χ4n) is 2.38. The summed E-state index contributed by atoms with van der Waals surface area (Å²) < 4.78 is 19.3. The van der Waals surface area contributed by atoms with Gasteiger partial charge in [-0.05, 0) is 36.2 Å². The topological polar surface area (TPSA) is 55.4 Å². The highest BCUT2D eigenvalue weighted by atomic mass is 32.1. The Morgan fingerprint density at radius 1 is 1.16 bits per heavy atom. The van der Waals surface area contributed by atoms with Crippen LogP contribution in [0.3, 0.4) is 0 Å². The number of carbonyl (C=O) groups is 2. The predicted octanol–water partition coefficient (Wildman–Crippen LogP) is 3.82. The maximum Gasteiger partial charge on any atom is 0.348 e. The summed E-state index contributed by atoms with van der Waals surface area (Å²) in [6.07, 6.45) is 0. The molecule has 6 heteroatoms. The molecular formula is C19H16FNO3S. The first-order valence-electron chi connectivity index (χ1n) is 7.71. The second kappa shape index (κ2) is 7.44. The maximum absolute atomic E-state index is 13.7.